The maximum Gasteiger partial charge on any atom is 0.253 e. The van der Waals surface area contributed by atoms with Gasteiger partial charge >= 0.3 is 0 Å². The molecule has 3 N–H and O–H groups in total. The fraction of sp³-hybridized carbons (Fsp3) is 0.467. The number of carbonyl (C=O) groups excluding carboxylic acids is 3. The van der Waals surface area contributed by atoms with Crippen molar-refractivity contribution in [3.63, 3.8) is 0 Å². The number of fused-ring (bicyclic) bond motifs is 1. The minimum atomic E-state index is -0.962. The van der Waals surface area contributed by atoms with Crippen LogP contribution in [-0.2, 0) is 9.59 Å². The maximum atomic E-state index is 12.3. The topological polar surface area (TPSA) is 112 Å². The highest BCUT2D eigenvalue weighted by molar-refractivity contribution is 5.98. The second-order valence-corrected chi connectivity index (χ2v) is 5.88. The van der Waals surface area contributed by atoms with E-state index in [0.29, 0.717) is 12.0 Å². The average molecular weight is 318 g/mol. The summed E-state index contributed by atoms with van der Waals surface area (Å²) in [4.78, 5) is 41.9. The number of nitrogens with zero attached hydrogens (tertiary/aromatic N) is 2. The highest BCUT2D eigenvalue weighted by Gasteiger charge is 2.47. The van der Waals surface area contributed by atoms with Crippen molar-refractivity contribution in [2.24, 2.45) is 0 Å². The van der Waals surface area contributed by atoms with Gasteiger partial charge in [-0.1, -0.05) is 0 Å². The molecule has 2 aliphatic heterocycles. The van der Waals surface area contributed by atoms with Crippen molar-refractivity contribution in [1.29, 1.82) is 0 Å². The first-order chi connectivity index (χ1) is 11.0. The van der Waals surface area contributed by atoms with E-state index in [2.05, 4.69) is 15.6 Å². The van der Waals surface area contributed by atoms with E-state index in [0.717, 1.165) is 0 Å². The molecule has 4 atom stereocenters. The van der Waals surface area contributed by atoms with Crippen LogP contribution < -0.4 is 10.6 Å². The number of carbonyl (C=O) groups is 3. The molecule has 1 aromatic rings. The molecular formula is C15H18N4O4. The first-order valence-electron chi connectivity index (χ1n) is 7.47. The number of rotatable bonds is 3. The first-order valence-corrected chi connectivity index (χ1v) is 7.47. The van der Waals surface area contributed by atoms with E-state index in [1.54, 1.807) is 18.3 Å². The van der Waals surface area contributed by atoms with Gasteiger partial charge in [-0.15, -0.1) is 0 Å². The van der Waals surface area contributed by atoms with Crippen LogP contribution >= 0.6 is 0 Å². The molecular weight excluding hydrogens is 300 g/mol. The van der Waals surface area contributed by atoms with Crippen LogP contribution in [0, 0.1) is 0 Å². The SMILES string of the molecule is C[C@H](O)[C@H]1NC(=O)[C@@H]2C[C@H](NC(=O)c3cccnc3)CN2C1=O. The number of hydrogen-bond donors (Lipinski definition) is 3. The Balaban J connectivity index is 1.69. The van der Waals surface area contributed by atoms with Gasteiger partial charge < -0.3 is 20.6 Å². The Morgan fingerprint density at radius 1 is 1.52 bits per heavy atom. The lowest BCUT2D eigenvalue weighted by Crippen LogP contribution is -2.64. The zero-order valence-corrected chi connectivity index (χ0v) is 12.6. The van der Waals surface area contributed by atoms with Crippen molar-refractivity contribution in [1.82, 2.24) is 20.5 Å². The minimum absolute atomic E-state index is 0.256. The second kappa shape index (κ2) is 5.96. The number of aromatic nitrogens is 1. The lowest BCUT2D eigenvalue weighted by atomic mass is 10.0. The number of aliphatic hydroxyl groups is 1. The van der Waals surface area contributed by atoms with Crippen LogP contribution in [0.15, 0.2) is 24.5 Å². The molecule has 1 aromatic heterocycles. The summed E-state index contributed by atoms with van der Waals surface area (Å²) in [6.45, 7) is 1.72. The standard InChI is InChI=1S/C15H18N4O4/c1-8(20)12-15(23)19-7-10(5-11(19)14(22)18-12)17-13(21)9-3-2-4-16-6-9/h2-4,6,8,10-12,20H,5,7H2,1H3,(H,17,21)(H,18,22)/t8-,10-,11-,12+/m0/s1. The number of nitrogens with one attached hydrogen (secondary N) is 2. The Morgan fingerprint density at radius 2 is 2.30 bits per heavy atom. The highest BCUT2D eigenvalue weighted by atomic mass is 16.3. The van der Waals surface area contributed by atoms with E-state index in [4.69, 9.17) is 0 Å². The van der Waals surface area contributed by atoms with Crippen molar-refractivity contribution in [3.8, 4) is 0 Å². The lowest BCUT2D eigenvalue weighted by Gasteiger charge is -2.35. The molecule has 2 aliphatic rings. The summed E-state index contributed by atoms with van der Waals surface area (Å²) in [6.07, 6.45) is 2.43. The van der Waals surface area contributed by atoms with E-state index in [-0.39, 0.29) is 30.3 Å². The van der Waals surface area contributed by atoms with Crippen LogP contribution in [0.1, 0.15) is 23.7 Å². The summed E-state index contributed by atoms with van der Waals surface area (Å²) in [5.74, 6) is -0.903. The zero-order valence-electron chi connectivity index (χ0n) is 12.6. The summed E-state index contributed by atoms with van der Waals surface area (Å²) in [7, 11) is 0. The summed E-state index contributed by atoms with van der Waals surface area (Å²) in [6, 6.07) is 1.47. The van der Waals surface area contributed by atoms with Crippen molar-refractivity contribution < 1.29 is 19.5 Å². The van der Waals surface area contributed by atoms with Gasteiger partial charge in [-0.25, -0.2) is 0 Å². The van der Waals surface area contributed by atoms with E-state index in [9.17, 15) is 19.5 Å². The monoisotopic (exact) mass is 318 g/mol. The third-order valence-electron chi connectivity index (χ3n) is 4.19. The van der Waals surface area contributed by atoms with E-state index in [1.807, 2.05) is 0 Å². The molecule has 23 heavy (non-hydrogen) atoms. The van der Waals surface area contributed by atoms with Gasteiger partial charge in [0.1, 0.15) is 12.1 Å². The number of pyridine rings is 1. The molecule has 2 saturated heterocycles. The number of hydrogen-bond acceptors (Lipinski definition) is 5. The van der Waals surface area contributed by atoms with E-state index >= 15 is 0 Å². The third-order valence-corrected chi connectivity index (χ3v) is 4.19. The molecule has 0 saturated carbocycles. The van der Waals surface area contributed by atoms with Crippen LogP contribution in [-0.4, -0.2) is 63.5 Å². The van der Waals surface area contributed by atoms with Gasteiger partial charge in [-0.2, -0.15) is 0 Å². The smallest absolute Gasteiger partial charge is 0.253 e. The van der Waals surface area contributed by atoms with Gasteiger partial charge in [0, 0.05) is 25.0 Å². The molecule has 0 spiro atoms. The summed E-state index contributed by atoms with van der Waals surface area (Å²) < 4.78 is 0. The molecule has 0 aromatic carbocycles. The lowest BCUT2D eigenvalue weighted by molar-refractivity contribution is -0.149. The fourth-order valence-electron chi connectivity index (χ4n) is 3.02. The normalized spacial score (nSPS) is 28.1. The largest absolute Gasteiger partial charge is 0.391 e. The Hall–Kier alpha value is -2.48. The molecule has 8 heteroatoms. The zero-order chi connectivity index (χ0) is 16.6. The highest BCUT2D eigenvalue weighted by Crippen LogP contribution is 2.23. The Labute approximate surface area is 132 Å². The van der Waals surface area contributed by atoms with Crippen molar-refractivity contribution in [2.45, 2.75) is 37.6 Å². The van der Waals surface area contributed by atoms with E-state index < -0.39 is 18.2 Å². The fourth-order valence-corrected chi connectivity index (χ4v) is 3.02. The second-order valence-electron chi connectivity index (χ2n) is 5.88. The van der Waals surface area contributed by atoms with Gasteiger partial charge in [-0.3, -0.25) is 19.4 Å². The Morgan fingerprint density at radius 3 is 2.96 bits per heavy atom. The van der Waals surface area contributed by atoms with Crippen LogP contribution in [0.5, 0.6) is 0 Å². The van der Waals surface area contributed by atoms with Gasteiger partial charge in [-0.05, 0) is 25.5 Å². The molecule has 0 aliphatic carbocycles. The number of amides is 3. The predicted molar refractivity (Wildman–Crippen MR) is 79.2 cm³/mol. The van der Waals surface area contributed by atoms with Crippen LogP contribution in [0.3, 0.4) is 0 Å². The van der Waals surface area contributed by atoms with Crippen molar-refractivity contribution >= 4 is 17.7 Å². The number of aliphatic hydroxyl groups excluding tert-OH is 1. The molecule has 3 heterocycles. The number of piperazine rings is 1. The molecule has 0 bridgehead atoms. The maximum absolute atomic E-state index is 12.3. The van der Waals surface area contributed by atoms with E-state index in [1.165, 1.54) is 18.0 Å². The summed E-state index contributed by atoms with van der Waals surface area (Å²) >= 11 is 0. The minimum Gasteiger partial charge on any atom is -0.391 e. The van der Waals surface area contributed by atoms with Crippen LogP contribution in [0.2, 0.25) is 0 Å². The third kappa shape index (κ3) is 2.89. The van der Waals surface area contributed by atoms with Gasteiger partial charge in [0.05, 0.1) is 11.7 Å². The quantitative estimate of drug-likeness (QED) is 0.639. The molecule has 0 unspecified atom stereocenters. The first kappa shape index (κ1) is 15.4. The van der Waals surface area contributed by atoms with Crippen LogP contribution in [0.4, 0.5) is 0 Å². The Kier molecular flexibility index (Phi) is 3.99. The molecule has 122 valence electrons. The van der Waals surface area contributed by atoms with Gasteiger partial charge in [0.15, 0.2) is 0 Å². The molecule has 2 fully saturated rings. The van der Waals surface area contributed by atoms with Crippen molar-refractivity contribution in [2.75, 3.05) is 6.54 Å². The molecule has 8 nitrogen and oxygen atoms in total. The Bertz CT molecular complexity index is 634. The predicted octanol–water partition coefficient (Wildman–Crippen LogP) is -1.34. The molecule has 0 radical (unpaired) electrons. The summed E-state index contributed by atoms with van der Waals surface area (Å²) in [5.41, 5.74) is 0.426. The van der Waals surface area contributed by atoms with Gasteiger partial charge in [0.25, 0.3) is 5.91 Å². The molecule has 3 amide bonds. The average Bonchev–Trinajstić information content (AvgIpc) is 2.96. The van der Waals surface area contributed by atoms with Crippen molar-refractivity contribution in [3.05, 3.63) is 30.1 Å². The van der Waals surface area contributed by atoms with Gasteiger partial charge in [0.2, 0.25) is 11.8 Å². The molecule has 3 rings (SSSR count). The summed E-state index contributed by atoms with van der Waals surface area (Å²) in [5, 5.41) is 15.0. The van der Waals surface area contributed by atoms with Crippen LogP contribution in [0.25, 0.3) is 0 Å².